The number of aromatic nitrogens is 2. The summed E-state index contributed by atoms with van der Waals surface area (Å²) in [4.78, 5) is 14.8. The van der Waals surface area contributed by atoms with Crippen molar-refractivity contribution in [3.8, 4) is 0 Å². The summed E-state index contributed by atoms with van der Waals surface area (Å²) in [6.45, 7) is 5.48. The Morgan fingerprint density at radius 3 is 2.96 bits per heavy atom. The first kappa shape index (κ1) is 15.0. The van der Waals surface area contributed by atoms with Gasteiger partial charge in [-0.3, -0.25) is 9.48 Å². The van der Waals surface area contributed by atoms with Gasteiger partial charge in [0.1, 0.15) is 5.58 Å². The van der Waals surface area contributed by atoms with Crippen LogP contribution in [-0.4, -0.2) is 33.7 Å². The molecule has 4 rings (SSSR count). The molecule has 5 nitrogen and oxygen atoms in total. The minimum Gasteiger partial charge on any atom is -0.451 e. The van der Waals surface area contributed by atoms with Crippen molar-refractivity contribution in [1.29, 1.82) is 0 Å². The number of likely N-dealkylation sites (tertiary alicyclic amines) is 1. The lowest BCUT2D eigenvalue weighted by atomic mass is 10.1. The Morgan fingerprint density at radius 2 is 2.21 bits per heavy atom. The molecule has 5 heteroatoms. The highest BCUT2D eigenvalue weighted by molar-refractivity contribution is 5.96. The summed E-state index contributed by atoms with van der Waals surface area (Å²) < 4.78 is 7.83. The normalized spacial score (nSPS) is 18.2. The SMILES string of the molecule is Cc1cnn([C@@H]2CCCN(C(=O)c3cc4cccc(C)c4o3)C2)c1. The molecule has 0 spiro atoms. The van der Waals surface area contributed by atoms with Crippen molar-refractivity contribution in [1.82, 2.24) is 14.7 Å². The van der Waals surface area contributed by atoms with Crippen molar-refractivity contribution in [2.24, 2.45) is 0 Å². The molecule has 1 aromatic carbocycles. The van der Waals surface area contributed by atoms with E-state index in [1.165, 1.54) is 0 Å². The van der Waals surface area contributed by atoms with Crippen molar-refractivity contribution in [3.63, 3.8) is 0 Å². The monoisotopic (exact) mass is 323 g/mol. The second-order valence-corrected chi connectivity index (χ2v) is 6.65. The van der Waals surface area contributed by atoms with Gasteiger partial charge in [-0.2, -0.15) is 5.10 Å². The molecule has 0 unspecified atom stereocenters. The van der Waals surface area contributed by atoms with Gasteiger partial charge < -0.3 is 9.32 Å². The highest BCUT2D eigenvalue weighted by Crippen LogP contribution is 2.26. The highest BCUT2D eigenvalue weighted by Gasteiger charge is 2.27. The average Bonchev–Trinajstić information content (AvgIpc) is 3.21. The molecule has 1 atom stereocenters. The molecule has 24 heavy (non-hydrogen) atoms. The lowest BCUT2D eigenvalue weighted by Crippen LogP contribution is -2.40. The van der Waals surface area contributed by atoms with Crippen LogP contribution in [0.4, 0.5) is 0 Å². The van der Waals surface area contributed by atoms with Crippen LogP contribution in [0.1, 0.15) is 40.6 Å². The van der Waals surface area contributed by atoms with Gasteiger partial charge in [-0.05, 0) is 43.9 Å². The van der Waals surface area contributed by atoms with Gasteiger partial charge in [-0.25, -0.2) is 0 Å². The molecule has 3 heterocycles. The Morgan fingerprint density at radius 1 is 1.33 bits per heavy atom. The number of carbonyl (C=O) groups is 1. The maximum Gasteiger partial charge on any atom is 0.289 e. The fourth-order valence-electron chi connectivity index (χ4n) is 3.46. The van der Waals surface area contributed by atoms with Gasteiger partial charge in [0.05, 0.1) is 12.2 Å². The first-order chi connectivity index (χ1) is 11.6. The molecule has 0 saturated carbocycles. The summed E-state index contributed by atoms with van der Waals surface area (Å²) in [6, 6.07) is 8.05. The molecule has 0 N–H and O–H groups in total. The minimum atomic E-state index is -0.0285. The number of furan rings is 1. The van der Waals surface area contributed by atoms with Gasteiger partial charge in [0.25, 0.3) is 5.91 Å². The molecule has 0 bridgehead atoms. The fraction of sp³-hybridized carbons (Fsp3) is 0.368. The van der Waals surface area contributed by atoms with Crippen molar-refractivity contribution >= 4 is 16.9 Å². The van der Waals surface area contributed by atoms with Crippen LogP contribution in [0, 0.1) is 13.8 Å². The van der Waals surface area contributed by atoms with E-state index in [0.717, 1.165) is 41.5 Å². The molecule has 1 fully saturated rings. The van der Waals surface area contributed by atoms with E-state index in [0.29, 0.717) is 12.3 Å². The number of nitrogens with zero attached hydrogens (tertiary/aromatic N) is 3. The molecule has 2 aromatic heterocycles. The number of amides is 1. The number of carbonyl (C=O) groups excluding carboxylic acids is 1. The zero-order chi connectivity index (χ0) is 16.7. The number of hydrogen-bond donors (Lipinski definition) is 0. The van der Waals surface area contributed by atoms with Gasteiger partial charge in [0.2, 0.25) is 0 Å². The molecule has 0 radical (unpaired) electrons. The summed E-state index contributed by atoms with van der Waals surface area (Å²) in [6.07, 6.45) is 5.94. The average molecular weight is 323 g/mol. The number of rotatable bonds is 2. The number of hydrogen-bond acceptors (Lipinski definition) is 3. The third kappa shape index (κ3) is 2.60. The van der Waals surface area contributed by atoms with E-state index in [9.17, 15) is 4.79 Å². The Balaban J connectivity index is 1.57. The smallest absolute Gasteiger partial charge is 0.289 e. The molecule has 1 amide bonds. The Hall–Kier alpha value is -2.56. The number of piperidine rings is 1. The predicted octanol–water partition coefficient (Wildman–Crippen LogP) is 3.72. The predicted molar refractivity (Wildman–Crippen MR) is 92.1 cm³/mol. The zero-order valence-corrected chi connectivity index (χ0v) is 14.0. The van der Waals surface area contributed by atoms with Crippen LogP contribution in [0.3, 0.4) is 0 Å². The van der Waals surface area contributed by atoms with E-state index in [2.05, 4.69) is 5.10 Å². The summed E-state index contributed by atoms with van der Waals surface area (Å²) >= 11 is 0. The molecule has 0 aliphatic carbocycles. The minimum absolute atomic E-state index is 0.0285. The summed E-state index contributed by atoms with van der Waals surface area (Å²) in [5.74, 6) is 0.399. The van der Waals surface area contributed by atoms with E-state index in [1.54, 1.807) is 0 Å². The third-order valence-corrected chi connectivity index (χ3v) is 4.74. The number of para-hydroxylation sites is 1. The second kappa shape index (κ2) is 5.82. The standard InChI is InChI=1S/C19H21N3O2/c1-13-10-20-22(11-13)16-7-4-8-21(12-16)19(23)17-9-15-6-3-5-14(2)18(15)24-17/h3,5-6,9-11,16H,4,7-8,12H2,1-2H3/t16-/m1/s1. The van der Waals surface area contributed by atoms with E-state index in [-0.39, 0.29) is 11.9 Å². The third-order valence-electron chi connectivity index (χ3n) is 4.74. The number of fused-ring (bicyclic) bond motifs is 1. The first-order valence-electron chi connectivity index (χ1n) is 8.41. The Kier molecular flexibility index (Phi) is 3.63. The Bertz CT molecular complexity index is 893. The van der Waals surface area contributed by atoms with E-state index < -0.39 is 0 Å². The van der Waals surface area contributed by atoms with Gasteiger partial charge in [-0.1, -0.05) is 18.2 Å². The number of aryl methyl sites for hydroxylation is 2. The molecule has 3 aromatic rings. The second-order valence-electron chi connectivity index (χ2n) is 6.65. The maximum atomic E-state index is 12.9. The highest BCUT2D eigenvalue weighted by atomic mass is 16.3. The maximum absolute atomic E-state index is 12.9. The fourth-order valence-corrected chi connectivity index (χ4v) is 3.46. The summed E-state index contributed by atoms with van der Waals surface area (Å²) in [5.41, 5.74) is 3.00. The van der Waals surface area contributed by atoms with E-state index >= 15 is 0 Å². The topological polar surface area (TPSA) is 51.3 Å². The number of benzene rings is 1. The van der Waals surface area contributed by atoms with Crippen molar-refractivity contribution in [2.75, 3.05) is 13.1 Å². The molecule has 1 saturated heterocycles. The van der Waals surface area contributed by atoms with Crippen molar-refractivity contribution in [2.45, 2.75) is 32.7 Å². The van der Waals surface area contributed by atoms with Crippen molar-refractivity contribution < 1.29 is 9.21 Å². The van der Waals surface area contributed by atoms with Gasteiger partial charge in [-0.15, -0.1) is 0 Å². The van der Waals surface area contributed by atoms with Crippen LogP contribution in [0.15, 0.2) is 41.1 Å². The molecular formula is C19H21N3O2. The molecular weight excluding hydrogens is 302 g/mol. The lowest BCUT2D eigenvalue weighted by molar-refractivity contribution is 0.0643. The van der Waals surface area contributed by atoms with Gasteiger partial charge in [0.15, 0.2) is 5.76 Å². The van der Waals surface area contributed by atoms with Crippen LogP contribution < -0.4 is 0 Å². The van der Waals surface area contributed by atoms with Crippen LogP contribution in [-0.2, 0) is 0 Å². The quantitative estimate of drug-likeness (QED) is 0.722. The van der Waals surface area contributed by atoms with E-state index in [4.69, 9.17) is 4.42 Å². The van der Waals surface area contributed by atoms with Crippen molar-refractivity contribution in [3.05, 3.63) is 53.5 Å². The van der Waals surface area contributed by atoms with Gasteiger partial charge in [0, 0.05) is 24.7 Å². The van der Waals surface area contributed by atoms with Crippen LogP contribution in [0.5, 0.6) is 0 Å². The lowest BCUT2D eigenvalue weighted by Gasteiger charge is -2.32. The molecule has 1 aliphatic heterocycles. The zero-order valence-electron chi connectivity index (χ0n) is 14.0. The van der Waals surface area contributed by atoms with E-state index in [1.807, 2.05) is 60.1 Å². The summed E-state index contributed by atoms with van der Waals surface area (Å²) in [7, 11) is 0. The molecule has 124 valence electrons. The molecule has 1 aliphatic rings. The largest absolute Gasteiger partial charge is 0.451 e. The van der Waals surface area contributed by atoms with Gasteiger partial charge >= 0.3 is 0 Å². The first-order valence-corrected chi connectivity index (χ1v) is 8.41. The Labute approximate surface area is 140 Å². The van der Waals surface area contributed by atoms with Crippen LogP contribution in [0.25, 0.3) is 11.0 Å². The van der Waals surface area contributed by atoms with Crippen LogP contribution in [0.2, 0.25) is 0 Å². The van der Waals surface area contributed by atoms with Crippen LogP contribution >= 0.6 is 0 Å². The summed E-state index contributed by atoms with van der Waals surface area (Å²) in [5, 5.41) is 5.39.